The molecule has 84 valence electrons. The van der Waals surface area contributed by atoms with E-state index in [2.05, 4.69) is 10.3 Å². The second kappa shape index (κ2) is 3.56. The molecule has 1 aliphatic rings. The third-order valence-corrected chi connectivity index (χ3v) is 3.27. The van der Waals surface area contributed by atoms with E-state index in [1.165, 1.54) is 6.07 Å². The normalized spacial score (nSPS) is 20.8. The van der Waals surface area contributed by atoms with Gasteiger partial charge in [0.15, 0.2) is 5.82 Å². The van der Waals surface area contributed by atoms with Gasteiger partial charge in [0.1, 0.15) is 11.3 Å². The van der Waals surface area contributed by atoms with Crippen molar-refractivity contribution in [3.05, 3.63) is 29.8 Å². The van der Waals surface area contributed by atoms with Gasteiger partial charge >= 0.3 is 0 Å². The zero-order chi connectivity index (χ0) is 11.1. The van der Waals surface area contributed by atoms with E-state index in [-0.39, 0.29) is 11.9 Å². The number of benzene rings is 1. The third-order valence-electron chi connectivity index (χ3n) is 3.27. The van der Waals surface area contributed by atoms with Gasteiger partial charge in [-0.3, -0.25) is 0 Å². The van der Waals surface area contributed by atoms with E-state index in [4.69, 9.17) is 0 Å². The molecule has 16 heavy (non-hydrogen) atoms. The van der Waals surface area contributed by atoms with Gasteiger partial charge in [0.25, 0.3) is 0 Å². The Labute approximate surface area is 93.3 Å². The average molecular weight is 219 g/mol. The Morgan fingerprint density at radius 2 is 2.38 bits per heavy atom. The molecule has 4 heteroatoms. The fourth-order valence-corrected chi connectivity index (χ4v) is 2.41. The van der Waals surface area contributed by atoms with E-state index in [0.29, 0.717) is 5.52 Å². The molecule has 1 saturated heterocycles. The quantitative estimate of drug-likeness (QED) is 0.796. The predicted octanol–water partition coefficient (Wildman–Crippen LogP) is 2.14. The summed E-state index contributed by atoms with van der Waals surface area (Å²) in [4.78, 5) is 4.42. The fraction of sp³-hybridized carbons (Fsp3) is 0.417. The van der Waals surface area contributed by atoms with Crippen LogP contribution in [0, 0.1) is 5.82 Å². The first-order chi connectivity index (χ1) is 7.77. The second-order valence-corrected chi connectivity index (χ2v) is 4.29. The summed E-state index contributed by atoms with van der Waals surface area (Å²) in [6.07, 6.45) is 2.25. The van der Waals surface area contributed by atoms with Crippen LogP contribution in [0.5, 0.6) is 0 Å². The Morgan fingerprint density at radius 3 is 3.06 bits per heavy atom. The van der Waals surface area contributed by atoms with Crippen molar-refractivity contribution < 1.29 is 4.39 Å². The van der Waals surface area contributed by atoms with Crippen molar-refractivity contribution in [3.8, 4) is 0 Å². The Kier molecular flexibility index (Phi) is 2.17. The maximum Gasteiger partial charge on any atom is 0.151 e. The summed E-state index contributed by atoms with van der Waals surface area (Å²) in [6.45, 7) is 1.02. The molecule has 3 rings (SSSR count). The van der Waals surface area contributed by atoms with Crippen molar-refractivity contribution in [1.82, 2.24) is 14.9 Å². The lowest BCUT2D eigenvalue weighted by Crippen LogP contribution is -2.16. The van der Waals surface area contributed by atoms with Crippen molar-refractivity contribution in [1.29, 1.82) is 0 Å². The van der Waals surface area contributed by atoms with E-state index >= 15 is 0 Å². The van der Waals surface area contributed by atoms with Crippen LogP contribution in [0.2, 0.25) is 0 Å². The van der Waals surface area contributed by atoms with Gasteiger partial charge in [0, 0.05) is 7.05 Å². The van der Waals surface area contributed by atoms with Crippen LogP contribution >= 0.6 is 0 Å². The van der Waals surface area contributed by atoms with Crippen molar-refractivity contribution in [2.24, 2.45) is 7.05 Å². The van der Waals surface area contributed by atoms with Crippen LogP contribution in [0.25, 0.3) is 11.0 Å². The fourth-order valence-electron chi connectivity index (χ4n) is 2.41. The molecule has 2 aromatic rings. The molecule has 0 amide bonds. The molecule has 1 aromatic carbocycles. The molecule has 0 bridgehead atoms. The summed E-state index contributed by atoms with van der Waals surface area (Å²) in [5.41, 5.74) is 1.34. The van der Waals surface area contributed by atoms with Crippen molar-refractivity contribution >= 4 is 11.0 Å². The van der Waals surface area contributed by atoms with Gasteiger partial charge in [-0.25, -0.2) is 9.37 Å². The lowest BCUT2D eigenvalue weighted by molar-refractivity contribution is 0.583. The van der Waals surface area contributed by atoms with E-state index < -0.39 is 0 Å². The highest BCUT2D eigenvalue weighted by atomic mass is 19.1. The minimum Gasteiger partial charge on any atom is -0.330 e. The van der Waals surface area contributed by atoms with Crippen LogP contribution in [0.15, 0.2) is 18.2 Å². The van der Waals surface area contributed by atoms with Gasteiger partial charge in [-0.2, -0.15) is 0 Å². The Hall–Kier alpha value is -1.42. The van der Waals surface area contributed by atoms with Crippen LogP contribution in [0.1, 0.15) is 24.7 Å². The number of hydrogen-bond donors (Lipinski definition) is 1. The summed E-state index contributed by atoms with van der Waals surface area (Å²) < 4.78 is 15.6. The summed E-state index contributed by atoms with van der Waals surface area (Å²) >= 11 is 0. The summed E-state index contributed by atoms with van der Waals surface area (Å²) in [6, 6.07) is 5.37. The molecule has 1 atom stereocenters. The van der Waals surface area contributed by atoms with Crippen molar-refractivity contribution in [2.75, 3.05) is 6.54 Å². The maximum absolute atomic E-state index is 13.6. The van der Waals surface area contributed by atoms with Gasteiger partial charge in [-0.15, -0.1) is 0 Å². The number of nitrogens with one attached hydrogen (secondary N) is 1. The first-order valence-electron chi connectivity index (χ1n) is 5.61. The highest BCUT2D eigenvalue weighted by molar-refractivity contribution is 5.76. The van der Waals surface area contributed by atoms with Crippen LogP contribution in [0.4, 0.5) is 4.39 Å². The van der Waals surface area contributed by atoms with Crippen LogP contribution in [-0.2, 0) is 7.05 Å². The predicted molar refractivity (Wildman–Crippen MR) is 60.6 cm³/mol. The highest BCUT2D eigenvalue weighted by Crippen LogP contribution is 2.26. The van der Waals surface area contributed by atoms with E-state index in [1.807, 2.05) is 17.7 Å². The monoisotopic (exact) mass is 219 g/mol. The second-order valence-electron chi connectivity index (χ2n) is 4.29. The van der Waals surface area contributed by atoms with Crippen LogP contribution in [0.3, 0.4) is 0 Å². The number of rotatable bonds is 1. The number of para-hydroxylation sites is 1. The first kappa shape index (κ1) is 9.78. The molecule has 1 aliphatic heterocycles. The number of hydrogen-bond acceptors (Lipinski definition) is 2. The minimum atomic E-state index is -0.239. The summed E-state index contributed by atoms with van der Waals surface area (Å²) in [5.74, 6) is 0.704. The van der Waals surface area contributed by atoms with Crippen LogP contribution in [-0.4, -0.2) is 16.1 Å². The molecule has 1 fully saturated rings. The lowest BCUT2D eigenvalue weighted by Gasteiger charge is -2.09. The Balaban J connectivity index is 2.18. The van der Waals surface area contributed by atoms with Gasteiger partial charge in [-0.05, 0) is 31.5 Å². The van der Waals surface area contributed by atoms with E-state index in [1.54, 1.807) is 6.07 Å². The third kappa shape index (κ3) is 1.33. The molecule has 2 heterocycles. The molecule has 3 nitrogen and oxygen atoms in total. The van der Waals surface area contributed by atoms with Crippen molar-refractivity contribution in [2.45, 2.75) is 18.9 Å². The number of imidazole rings is 1. The summed E-state index contributed by atoms with van der Waals surface area (Å²) in [7, 11) is 1.95. The van der Waals surface area contributed by atoms with Gasteiger partial charge in [0.05, 0.1) is 11.6 Å². The molecule has 0 unspecified atom stereocenters. The largest absolute Gasteiger partial charge is 0.330 e. The van der Waals surface area contributed by atoms with E-state index in [9.17, 15) is 4.39 Å². The summed E-state index contributed by atoms with van der Waals surface area (Å²) in [5, 5.41) is 3.39. The molecule has 1 N–H and O–H groups in total. The molecule has 0 spiro atoms. The molecule has 0 aliphatic carbocycles. The Bertz CT molecular complexity index is 526. The number of aromatic nitrogens is 2. The van der Waals surface area contributed by atoms with Crippen LogP contribution < -0.4 is 5.32 Å². The zero-order valence-corrected chi connectivity index (χ0v) is 9.20. The number of aryl methyl sites for hydroxylation is 1. The topological polar surface area (TPSA) is 29.9 Å². The lowest BCUT2D eigenvalue weighted by atomic mass is 10.2. The standard InChI is InChI=1S/C12H14FN3/c1-16-10-6-2-4-8(13)11(10)15-12(16)9-5-3-7-14-9/h2,4,6,9,14H,3,5,7H2,1H3/t9-/m0/s1. The molecule has 0 saturated carbocycles. The zero-order valence-electron chi connectivity index (χ0n) is 9.20. The number of fused-ring (bicyclic) bond motifs is 1. The van der Waals surface area contributed by atoms with Gasteiger partial charge in [0.2, 0.25) is 0 Å². The first-order valence-corrected chi connectivity index (χ1v) is 5.61. The molecule has 1 aromatic heterocycles. The average Bonchev–Trinajstić information content (AvgIpc) is 2.88. The maximum atomic E-state index is 13.6. The highest BCUT2D eigenvalue weighted by Gasteiger charge is 2.22. The number of nitrogens with zero attached hydrogens (tertiary/aromatic N) is 2. The molecular formula is C12H14FN3. The SMILES string of the molecule is Cn1c([C@@H]2CCCN2)nc2c(F)cccc21. The van der Waals surface area contributed by atoms with Gasteiger partial charge in [-0.1, -0.05) is 6.07 Å². The molecular weight excluding hydrogens is 205 g/mol. The smallest absolute Gasteiger partial charge is 0.151 e. The number of halogens is 1. The molecule has 0 radical (unpaired) electrons. The Morgan fingerprint density at radius 1 is 1.50 bits per heavy atom. The van der Waals surface area contributed by atoms with Crippen molar-refractivity contribution in [3.63, 3.8) is 0 Å². The van der Waals surface area contributed by atoms with Gasteiger partial charge < -0.3 is 9.88 Å². The van der Waals surface area contributed by atoms with E-state index in [0.717, 1.165) is 30.7 Å². The minimum absolute atomic E-state index is 0.239.